The molecule has 0 saturated heterocycles. The van der Waals surface area contributed by atoms with Gasteiger partial charge in [0.15, 0.2) is 0 Å². The predicted molar refractivity (Wildman–Crippen MR) is 130 cm³/mol. The molecule has 1 aromatic heterocycles. The molecule has 0 aliphatic rings. The highest BCUT2D eigenvalue weighted by Gasteiger charge is 2.13. The lowest BCUT2D eigenvalue weighted by Crippen LogP contribution is -2.12. The first kappa shape index (κ1) is 20.4. The van der Waals surface area contributed by atoms with E-state index in [0.717, 1.165) is 27.9 Å². The summed E-state index contributed by atoms with van der Waals surface area (Å²) in [5, 5.41) is 11.3. The molecule has 1 amide bonds. The summed E-state index contributed by atoms with van der Waals surface area (Å²) in [6, 6.07) is 32.8. The van der Waals surface area contributed by atoms with E-state index in [2.05, 4.69) is 15.5 Å². The summed E-state index contributed by atoms with van der Waals surface area (Å²) in [5.74, 6) is 0.687. The number of rotatable bonds is 5. The summed E-state index contributed by atoms with van der Waals surface area (Å²) >= 11 is 0. The molecule has 0 fully saturated rings. The summed E-state index contributed by atoms with van der Waals surface area (Å²) in [6.45, 7) is 2.03. The fourth-order valence-electron chi connectivity index (χ4n) is 3.57. The van der Waals surface area contributed by atoms with Gasteiger partial charge in [-0.05, 0) is 55.0 Å². The van der Waals surface area contributed by atoms with Crippen LogP contribution >= 0.6 is 0 Å². The van der Waals surface area contributed by atoms with Crippen molar-refractivity contribution in [2.75, 3.05) is 5.32 Å². The maximum absolute atomic E-state index is 12.9. The van der Waals surface area contributed by atoms with E-state index in [1.54, 1.807) is 12.1 Å². The Hall–Kier alpha value is -4.51. The minimum Gasteiger partial charge on any atom is -0.416 e. The first-order valence-electron chi connectivity index (χ1n) is 10.6. The molecule has 1 N–H and O–H groups in total. The van der Waals surface area contributed by atoms with Crippen LogP contribution in [0, 0.1) is 6.92 Å². The van der Waals surface area contributed by atoms with Gasteiger partial charge in [-0.3, -0.25) is 4.79 Å². The SMILES string of the molecule is Cc1ccc(-c2nnc(-c3ccc(C(=O)Nc4ccccc4-c4ccccc4)cc3)o2)cc1. The van der Waals surface area contributed by atoms with Crippen LogP contribution in [-0.2, 0) is 0 Å². The van der Waals surface area contributed by atoms with E-state index in [9.17, 15) is 4.79 Å². The predicted octanol–water partition coefficient (Wildman–Crippen LogP) is 6.63. The van der Waals surface area contributed by atoms with Gasteiger partial charge in [0.1, 0.15) is 0 Å². The Labute approximate surface area is 191 Å². The standard InChI is InChI=1S/C28H21N3O2/c1-19-11-13-22(14-12-19)27-30-31-28(33-27)23-17-15-21(16-18-23)26(32)29-25-10-6-5-9-24(25)20-7-3-2-4-8-20/h2-18H,1H3,(H,29,32). The summed E-state index contributed by atoms with van der Waals surface area (Å²) < 4.78 is 5.83. The Balaban J connectivity index is 1.34. The molecular weight excluding hydrogens is 410 g/mol. The molecule has 0 aliphatic heterocycles. The van der Waals surface area contributed by atoms with Crippen molar-refractivity contribution in [1.82, 2.24) is 10.2 Å². The quantitative estimate of drug-likeness (QED) is 0.339. The Bertz CT molecular complexity index is 1390. The molecule has 4 aromatic carbocycles. The number of benzene rings is 4. The first-order valence-corrected chi connectivity index (χ1v) is 10.6. The average Bonchev–Trinajstić information content (AvgIpc) is 3.36. The molecule has 5 aromatic rings. The van der Waals surface area contributed by atoms with Crippen LogP contribution in [0.2, 0.25) is 0 Å². The van der Waals surface area contributed by atoms with Crippen molar-refractivity contribution in [2.45, 2.75) is 6.92 Å². The van der Waals surface area contributed by atoms with E-state index in [4.69, 9.17) is 4.42 Å². The lowest BCUT2D eigenvalue weighted by molar-refractivity contribution is 0.102. The maximum Gasteiger partial charge on any atom is 0.255 e. The molecule has 5 nitrogen and oxygen atoms in total. The second-order valence-corrected chi connectivity index (χ2v) is 7.72. The number of nitrogens with zero attached hydrogens (tertiary/aromatic N) is 2. The number of hydrogen-bond acceptors (Lipinski definition) is 4. The summed E-state index contributed by atoms with van der Waals surface area (Å²) in [5.41, 5.74) is 6.10. The molecule has 0 bridgehead atoms. The number of aromatic nitrogens is 2. The topological polar surface area (TPSA) is 68.0 Å². The Morgan fingerprint density at radius 1 is 0.667 bits per heavy atom. The highest BCUT2D eigenvalue weighted by atomic mass is 16.4. The highest BCUT2D eigenvalue weighted by Crippen LogP contribution is 2.28. The van der Waals surface area contributed by atoms with Crippen LogP contribution in [0.4, 0.5) is 5.69 Å². The summed E-state index contributed by atoms with van der Waals surface area (Å²) in [6.07, 6.45) is 0. The van der Waals surface area contributed by atoms with Crippen molar-refractivity contribution >= 4 is 11.6 Å². The molecule has 0 spiro atoms. The number of hydrogen-bond donors (Lipinski definition) is 1. The monoisotopic (exact) mass is 431 g/mol. The molecule has 0 atom stereocenters. The normalized spacial score (nSPS) is 10.7. The van der Waals surface area contributed by atoms with Crippen molar-refractivity contribution in [2.24, 2.45) is 0 Å². The molecule has 0 saturated carbocycles. The highest BCUT2D eigenvalue weighted by molar-refractivity contribution is 6.06. The molecule has 33 heavy (non-hydrogen) atoms. The fraction of sp³-hybridized carbons (Fsp3) is 0.0357. The third-order valence-electron chi connectivity index (χ3n) is 5.38. The van der Waals surface area contributed by atoms with Crippen LogP contribution in [0.5, 0.6) is 0 Å². The van der Waals surface area contributed by atoms with Gasteiger partial charge in [-0.15, -0.1) is 10.2 Å². The van der Waals surface area contributed by atoms with E-state index >= 15 is 0 Å². The number of aryl methyl sites for hydroxylation is 1. The third kappa shape index (κ3) is 4.43. The third-order valence-corrected chi connectivity index (χ3v) is 5.38. The van der Waals surface area contributed by atoms with Crippen molar-refractivity contribution in [3.8, 4) is 34.0 Å². The maximum atomic E-state index is 12.9. The first-order chi connectivity index (χ1) is 16.2. The number of carbonyl (C=O) groups excluding carboxylic acids is 1. The number of carbonyl (C=O) groups is 1. The van der Waals surface area contributed by atoms with Gasteiger partial charge in [0, 0.05) is 27.9 Å². The van der Waals surface area contributed by atoms with Crippen LogP contribution in [0.1, 0.15) is 15.9 Å². The number of para-hydroxylation sites is 1. The zero-order valence-corrected chi connectivity index (χ0v) is 18.0. The van der Waals surface area contributed by atoms with E-state index in [1.807, 2.05) is 97.9 Å². The van der Waals surface area contributed by atoms with E-state index in [1.165, 1.54) is 5.56 Å². The van der Waals surface area contributed by atoms with Crippen LogP contribution in [0.15, 0.2) is 108 Å². The fourth-order valence-corrected chi connectivity index (χ4v) is 3.57. The lowest BCUT2D eigenvalue weighted by Gasteiger charge is -2.11. The lowest BCUT2D eigenvalue weighted by atomic mass is 10.0. The molecule has 1 heterocycles. The number of anilines is 1. The van der Waals surface area contributed by atoms with Gasteiger partial charge in [-0.2, -0.15) is 0 Å². The van der Waals surface area contributed by atoms with E-state index in [0.29, 0.717) is 17.3 Å². The van der Waals surface area contributed by atoms with Crippen LogP contribution in [-0.4, -0.2) is 16.1 Å². The Morgan fingerprint density at radius 3 is 1.91 bits per heavy atom. The van der Waals surface area contributed by atoms with Crippen LogP contribution in [0.25, 0.3) is 34.0 Å². The van der Waals surface area contributed by atoms with Crippen molar-refractivity contribution in [3.63, 3.8) is 0 Å². The van der Waals surface area contributed by atoms with Gasteiger partial charge in [0.2, 0.25) is 11.8 Å². The molecule has 5 rings (SSSR count). The number of amides is 1. The molecule has 0 aliphatic carbocycles. The van der Waals surface area contributed by atoms with Gasteiger partial charge in [0.05, 0.1) is 0 Å². The molecule has 5 heteroatoms. The van der Waals surface area contributed by atoms with Crippen LogP contribution in [0.3, 0.4) is 0 Å². The smallest absolute Gasteiger partial charge is 0.255 e. The van der Waals surface area contributed by atoms with Crippen molar-refractivity contribution in [3.05, 3.63) is 114 Å². The molecule has 0 unspecified atom stereocenters. The average molecular weight is 431 g/mol. The zero-order valence-electron chi connectivity index (χ0n) is 18.0. The summed E-state index contributed by atoms with van der Waals surface area (Å²) in [7, 11) is 0. The second-order valence-electron chi connectivity index (χ2n) is 7.72. The zero-order chi connectivity index (χ0) is 22.6. The van der Waals surface area contributed by atoms with Gasteiger partial charge in [-0.1, -0.05) is 66.2 Å². The largest absolute Gasteiger partial charge is 0.416 e. The van der Waals surface area contributed by atoms with Crippen LogP contribution < -0.4 is 5.32 Å². The van der Waals surface area contributed by atoms with E-state index in [-0.39, 0.29) is 5.91 Å². The van der Waals surface area contributed by atoms with Gasteiger partial charge in [-0.25, -0.2) is 0 Å². The molecule has 160 valence electrons. The molecular formula is C28H21N3O2. The van der Waals surface area contributed by atoms with Crippen molar-refractivity contribution < 1.29 is 9.21 Å². The second kappa shape index (κ2) is 8.93. The minimum absolute atomic E-state index is 0.184. The van der Waals surface area contributed by atoms with E-state index < -0.39 is 0 Å². The number of nitrogens with one attached hydrogen (secondary N) is 1. The summed E-state index contributed by atoms with van der Waals surface area (Å²) in [4.78, 5) is 12.9. The Kier molecular flexibility index (Phi) is 5.52. The van der Waals surface area contributed by atoms with Crippen molar-refractivity contribution in [1.29, 1.82) is 0 Å². The molecule has 0 radical (unpaired) electrons. The minimum atomic E-state index is -0.184. The van der Waals surface area contributed by atoms with Gasteiger partial charge in [0.25, 0.3) is 5.91 Å². The van der Waals surface area contributed by atoms with Gasteiger partial charge < -0.3 is 9.73 Å². The Morgan fingerprint density at radius 2 is 1.24 bits per heavy atom. The van der Waals surface area contributed by atoms with Gasteiger partial charge >= 0.3 is 0 Å².